The highest BCUT2D eigenvalue weighted by Crippen LogP contribution is 2.32. The average molecular weight is 273 g/mol. The fourth-order valence-electron chi connectivity index (χ4n) is 2.08. The van der Waals surface area contributed by atoms with E-state index >= 15 is 0 Å². The van der Waals surface area contributed by atoms with E-state index in [4.69, 9.17) is 0 Å². The van der Waals surface area contributed by atoms with Gasteiger partial charge in [-0.2, -0.15) is 0 Å². The van der Waals surface area contributed by atoms with Crippen molar-refractivity contribution in [3.63, 3.8) is 0 Å². The van der Waals surface area contributed by atoms with Gasteiger partial charge in [-0.1, -0.05) is 20.4 Å². The molecule has 1 aromatic carbocycles. The fourth-order valence-corrected chi connectivity index (χ4v) is 2.08. The zero-order chi connectivity index (χ0) is 15.6. The summed E-state index contributed by atoms with van der Waals surface area (Å²) in [5.41, 5.74) is 2.23. The first-order valence-electron chi connectivity index (χ1n) is 6.52. The third kappa shape index (κ3) is 2.41. The lowest BCUT2D eigenvalue weighted by atomic mass is 9.95. The molecule has 1 aliphatic heterocycles. The number of hydrogen-bond acceptors (Lipinski definition) is 3. The maximum Gasteiger partial charge on any atom is 0.258 e. The largest absolute Gasteiger partial charge is 0.311 e. The second kappa shape index (κ2) is 5.82. The molecule has 0 aromatic heterocycles. The van der Waals surface area contributed by atoms with E-state index in [2.05, 4.69) is 6.58 Å². The standard InChI is InChI=1S/C14H13NO3.C2H6/c1-7-10-5-11(8(2)16)12(9(3)17)6-13(10)14(18)15(7)4;1-2/h5-6H,1H2,2-4H3;1-2H3. The normalized spacial score (nSPS) is 12.8. The molecule has 1 aromatic rings. The van der Waals surface area contributed by atoms with E-state index in [1.165, 1.54) is 24.8 Å². The minimum atomic E-state index is -0.226. The number of hydrogen-bond donors (Lipinski definition) is 0. The van der Waals surface area contributed by atoms with E-state index < -0.39 is 0 Å². The summed E-state index contributed by atoms with van der Waals surface area (Å²) in [5.74, 6) is -0.624. The summed E-state index contributed by atoms with van der Waals surface area (Å²) in [6.45, 7) is 10.6. The lowest BCUT2D eigenvalue weighted by molar-refractivity contribution is 0.0874. The van der Waals surface area contributed by atoms with Crippen LogP contribution in [-0.4, -0.2) is 29.4 Å². The molecule has 0 unspecified atom stereocenters. The van der Waals surface area contributed by atoms with Crippen LogP contribution < -0.4 is 0 Å². The van der Waals surface area contributed by atoms with E-state index in [-0.39, 0.29) is 23.0 Å². The van der Waals surface area contributed by atoms with Crippen molar-refractivity contribution < 1.29 is 14.4 Å². The molecule has 1 aliphatic rings. The van der Waals surface area contributed by atoms with Crippen LogP contribution in [0.3, 0.4) is 0 Å². The van der Waals surface area contributed by atoms with Crippen molar-refractivity contribution in [3.8, 4) is 0 Å². The van der Waals surface area contributed by atoms with Gasteiger partial charge in [0, 0.05) is 35.0 Å². The van der Waals surface area contributed by atoms with Crippen molar-refractivity contribution in [2.75, 3.05) is 7.05 Å². The number of nitrogens with zero attached hydrogens (tertiary/aromatic N) is 1. The van der Waals surface area contributed by atoms with Crippen molar-refractivity contribution in [1.82, 2.24) is 4.90 Å². The van der Waals surface area contributed by atoms with Crippen LogP contribution in [0.4, 0.5) is 0 Å². The number of carbonyl (C=O) groups is 3. The molecule has 106 valence electrons. The van der Waals surface area contributed by atoms with Gasteiger partial charge in [0.25, 0.3) is 5.91 Å². The van der Waals surface area contributed by atoms with Crippen molar-refractivity contribution in [2.24, 2.45) is 0 Å². The molecule has 0 radical (unpaired) electrons. The molecule has 20 heavy (non-hydrogen) atoms. The molecule has 0 aliphatic carbocycles. The Hall–Kier alpha value is -2.23. The molecule has 0 fully saturated rings. The van der Waals surface area contributed by atoms with Gasteiger partial charge in [0.1, 0.15) is 0 Å². The summed E-state index contributed by atoms with van der Waals surface area (Å²) in [7, 11) is 1.62. The van der Waals surface area contributed by atoms with E-state index in [0.717, 1.165) is 0 Å². The Morgan fingerprint density at radius 2 is 1.40 bits per heavy atom. The minimum absolute atomic E-state index is 0.196. The molecular formula is C16H19NO3. The first kappa shape index (κ1) is 15.8. The van der Waals surface area contributed by atoms with E-state index in [0.29, 0.717) is 22.4 Å². The van der Waals surface area contributed by atoms with Gasteiger partial charge in [-0.3, -0.25) is 14.4 Å². The molecular weight excluding hydrogens is 254 g/mol. The minimum Gasteiger partial charge on any atom is -0.311 e. The quantitative estimate of drug-likeness (QED) is 0.778. The first-order chi connectivity index (χ1) is 9.34. The Labute approximate surface area is 119 Å². The van der Waals surface area contributed by atoms with Gasteiger partial charge in [0.05, 0.1) is 0 Å². The lowest BCUT2D eigenvalue weighted by Crippen LogP contribution is -2.16. The van der Waals surface area contributed by atoms with Crippen molar-refractivity contribution in [1.29, 1.82) is 0 Å². The zero-order valence-electron chi connectivity index (χ0n) is 12.5. The van der Waals surface area contributed by atoms with Crippen molar-refractivity contribution in [3.05, 3.63) is 41.0 Å². The predicted octanol–water partition coefficient (Wildman–Crippen LogP) is 3.17. The number of benzene rings is 1. The van der Waals surface area contributed by atoms with E-state index in [9.17, 15) is 14.4 Å². The third-order valence-corrected chi connectivity index (χ3v) is 3.17. The highest BCUT2D eigenvalue weighted by molar-refractivity contribution is 6.14. The zero-order valence-corrected chi connectivity index (χ0v) is 12.5. The average Bonchev–Trinajstić information content (AvgIpc) is 2.64. The van der Waals surface area contributed by atoms with Gasteiger partial charge in [-0.25, -0.2) is 0 Å². The van der Waals surface area contributed by atoms with Crippen LogP contribution in [0.1, 0.15) is 64.3 Å². The summed E-state index contributed by atoms with van der Waals surface area (Å²) in [6.07, 6.45) is 0. The third-order valence-electron chi connectivity index (χ3n) is 3.17. The summed E-state index contributed by atoms with van der Waals surface area (Å²) in [5, 5.41) is 0. The van der Waals surface area contributed by atoms with Gasteiger partial charge in [0.15, 0.2) is 11.6 Å². The number of ketones is 2. The first-order valence-corrected chi connectivity index (χ1v) is 6.52. The van der Waals surface area contributed by atoms with Gasteiger partial charge < -0.3 is 4.90 Å². The summed E-state index contributed by atoms with van der Waals surface area (Å²) < 4.78 is 0. The van der Waals surface area contributed by atoms with Gasteiger partial charge >= 0.3 is 0 Å². The predicted molar refractivity (Wildman–Crippen MR) is 78.9 cm³/mol. The Bertz CT molecular complexity index is 561. The topological polar surface area (TPSA) is 54.5 Å². The Morgan fingerprint density at radius 1 is 1.00 bits per heavy atom. The SMILES string of the molecule is C=C1c2cc(C(C)=O)c(C(C)=O)cc2C(=O)N1C.CC. The number of rotatable bonds is 2. The van der Waals surface area contributed by atoms with Gasteiger partial charge in [-0.15, -0.1) is 0 Å². The summed E-state index contributed by atoms with van der Waals surface area (Å²) >= 11 is 0. The maximum absolute atomic E-state index is 11.9. The van der Waals surface area contributed by atoms with Crippen molar-refractivity contribution in [2.45, 2.75) is 27.7 Å². The molecule has 0 saturated heterocycles. The smallest absolute Gasteiger partial charge is 0.258 e. The molecule has 1 heterocycles. The highest BCUT2D eigenvalue weighted by atomic mass is 16.2. The maximum atomic E-state index is 11.9. The number of carbonyl (C=O) groups excluding carboxylic acids is 3. The molecule has 0 atom stereocenters. The van der Waals surface area contributed by atoms with Crippen LogP contribution in [-0.2, 0) is 0 Å². The number of amides is 1. The van der Waals surface area contributed by atoms with Crippen LogP contribution in [0.5, 0.6) is 0 Å². The molecule has 0 spiro atoms. The molecule has 2 rings (SSSR count). The molecule has 1 amide bonds. The van der Waals surface area contributed by atoms with Gasteiger partial charge in [-0.05, 0) is 26.0 Å². The fraction of sp³-hybridized carbons (Fsp3) is 0.312. The van der Waals surface area contributed by atoms with Crippen LogP contribution >= 0.6 is 0 Å². The second-order valence-corrected chi connectivity index (χ2v) is 4.37. The molecule has 0 N–H and O–H groups in total. The monoisotopic (exact) mass is 273 g/mol. The van der Waals surface area contributed by atoms with Crippen LogP contribution in [0.15, 0.2) is 18.7 Å². The Kier molecular flexibility index (Phi) is 4.61. The van der Waals surface area contributed by atoms with E-state index in [1.807, 2.05) is 13.8 Å². The summed E-state index contributed by atoms with van der Waals surface area (Å²) in [6, 6.07) is 3.07. The lowest BCUT2D eigenvalue weighted by Gasteiger charge is -2.08. The van der Waals surface area contributed by atoms with E-state index in [1.54, 1.807) is 13.1 Å². The Balaban J connectivity index is 0.000000956. The molecule has 0 saturated carbocycles. The van der Waals surface area contributed by atoms with Crippen LogP contribution in [0, 0.1) is 0 Å². The second-order valence-electron chi connectivity index (χ2n) is 4.37. The number of Topliss-reactive ketones (excluding diaryl/α,β-unsaturated/α-hetero) is 2. The summed E-state index contributed by atoms with van der Waals surface area (Å²) in [4.78, 5) is 36.4. The molecule has 0 bridgehead atoms. The van der Waals surface area contributed by atoms with Crippen LogP contribution in [0.2, 0.25) is 0 Å². The number of fused-ring (bicyclic) bond motifs is 1. The molecule has 4 heteroatoms. The highest BCUT2D eigenvalue weighted by Gasteiger charge is 2.30. The molecule has 4 nitrogen and oxygen atoms in total. The van der Waals surface area contributed by atoms with Crippen LogP contribution in [0.25, 0.3) is 5.70 Å². The Morgan fingerprint density at radius 3 is 1.80 bits per heavy atom. The van der Waals surface area contributed by atoms with Crippen molar-refractivity contribution >= 4 is 23.2 Å². The van der Waals surface area contributed by atoms with Gasteiger partial charge in [0.2, 0.25) is 0 Å².